The molecule has 2 amide bonds. The van der Waals surface area contributed by atoms with E-state index < -0.39 is 11.7 Å². The summed E-state index contributed by atoms with van der Waals surface area (Å²) in [7, 11) is 0. The van der Waals surface area contributed by atoms with Crippen LogP contribution in [0.3, 0.4) is 0 Å². The summed E-state index contributed by atoms with van der Waals surface area (Å²) in [6.45, 7) is 2.94. The van der Waals surface area contributed by atoms with Crippen molar-refractivity contribution in [2.75, 3.05) is 41.7 Å². The quantitative estimate of drug-likeness (QED) is 0.460. The van der Waals surface area contributed by atoms with E-state index in [2.05, 4.69) is 20.8 Å². The van der Waals surface area contributed by atoms with Crippen LogP contribution in [0.2, 0.25) is 10.0 Å². The maximum absolute atomic E-state index is 14.0. The average Bonchev–Trinajstić information content (AvgIpc) is 3.44. The number of aromatic nitrogens is 2. The molecule has 0 unspecified atom stereocenters. The summed E-state index contributed by atoms with van der Waals surface area (Å²) in [5, 5.41) is 14.5. The van der Waals surface area contributed by atoms with Crippen LogP contribution < -0.4 is 15.5 Å². The predicted octanol–water partition coefficient (Wildman–Crippen LogP) is 4.84. The Morgan fingerprint density at radius 1 is 1.03 bits per heavy atom. The van der Waals surface area contributed by atoms with Gasteiger partial charge in [-0.25, -0.2) is 4.39 Å². The first-order chi connectivity index (χ1) is 17.4. The highest BCUT2D eigenvalue weighted by Crippen LogP contribution is 2.33. The summed E-state index contributed by atoms with van der Waals surface area (Å²) < 4.78 is 14.0. The van der Waals surface area contributed by atoms with Crippen molar-refractivity contribution in [3.63, 3.8) is 0 Å². The highest BCUT2D eigenvalue weighted by atomic mass is 35.5. The number of nitrogens with one attached hydrogen (secondary N) is 2. The van der Waals surface area contributed by atoms with Crippen molar-refractivity contribution in [3.8, 4) is 0 Å². The van der Waals surface area contributed by atoms with Gasteiger partial charge in [0.25, 0.3) is 11.8 Å². The fraction of sp³-hybridized carbons (Fsp3) is 0.280. The zero-order chi connectivity index (χ0) is 25.2. The maximum atomic E-state index is 14.0. The Bertz CT molecular complexity index is 1310. The molecule has 1 fully saturated rings. The smallest absolute Gasteiger partial charge is 0.276 e. The molecule has 2 N–H and O–H groups in total. The second-order valence-electron chi connectivity index (χ2n) is 8.66. The van der Waals surface area contributed by atoms with Crippen molar-refractivity contribution in [2.24, 2.45) is 0 Å². The predicted molar refractivity (Wildman–Crippen MR) is 138 cm³/mol. The largest absolute Gasteiger partial charge is 0.365 e. The second-order valence-corrected chi connectivity index (χ2v) is 9.45. The van der Waals surface area contributed by atoms with Crippen LogP contribution >= 0.6 is 23.2 Å². The molecule has 0 atom stereocenters. The van der Waals surface area contributed by atoms with E-state index in [1.54, 1.807) is 30.3 Å². The summed E-state index contributed by atoms with van der Waals surface area (Å²) in [6, 6.07) is 11.1. The first-order valence-electron chi connectivity index (χ1n) is 11.6. The normalized spacial score (nSPS) is 14.9. The van der Waals surface area contributed by atoms with Gasteiger partial charge in [-0.1, -0.05) is 23.2 Å². The SMILES string of the molecule is O=C(Nc1ccc(C(=O)N2CCCC2)cc1)c1cc2c(nn1)NCCN2Cc1c(Cl)ccc(F)c1Cl. The van der Waals surface area contributed by atoms with Crippen molar-refractivity contribution >= 4 is 52.2 Å². The average molecular weight is 529 g/mol. The van der Waals surface area contributed by atoms with Gasteiger partial charge < -0.3 is 20.4 Å². The van der Waals surface area contributed by atoms with Crippen LogP contribution in [-0.2, 0) is 6.54 Å². The van der Waals surface area contributed by atoms with E-state index in [0.717, 1.165) is 25.9 Å². The molecule has 0 radical (unpaired) electrons. The summed E-state index contributed by atoms with van der Waals surface area (Å²) in [6.07, 6.45) is 2.05. The van der Waals surface area contributed by atoms with Gasteiger partial charge in [0.1, 0.15) is 5.82 Å². The van der Waals surface area contributed by atoms with E-state index in [1.807, 2.05) is 9.80 Å². The lowest BCUT2D eigenvalue weighted by Gasteiger charge is -2.31. The minimum absolute atomic E-state index is 0.00275. The maximum Gasteiger partial charge on any atom is 0.276 e. The number of anilines is 3. The van der Waals surface area contributed by atoms with E-state index in [4.69, 9.17) is 23.2 Å². The Morgan fingerprint density at radius 2 is 1.78 bits per heavy atom. The highest BCUT2D eigenvalue weighted by molar-refractivity contribution is 6.36. The fourth-order valence-corrected chi connectivity index (χ4v) is 4.84. The Labute approximate surface area is 217 Å². The summed E-state index contributed by atoms with van der Waals surface area (Å²) in [5.41, 5.74) is 2.31. The molecule has 0 spiro atoms. The van der Waals surface area contributed by atoms with Crippen molar-refractivity contribution < 1.29 is 14.0 Å². The first-order valence-corrected chi connectivity index (χ1v) is 12.4. The first kappa shape index (κ1) is 24.3. The molecule has 1 saturated heterocycles. The zero-order valence-electron chi connectivity index (χ0n) is 19.2. The molecule has 0 saturated carbocycles. The van der Waals surface area contributed by atoms with E-state index in [1.165, 1.54) is 12.1 Å². The number of carbonyl (C=O) groups is 2. The molecule has 3 heterocycles. The number of likely N-dealkylation sites (tertiary alicyclic amines) is 1. The van der Waals surface area contributed by atoms with Crippen molar-refractivity contribution in [1.29, 1.82) is 0 Å². The van der Waals surface area contributed by atoms with Gasteiger partial charge >= 0.3 is 0 Å². The van der Waals surface area contributed by atoms with Crippen LogP contribution in [0.5, 0.6) is 0 Å². The van der Waals surface area contributed by atoms with Crippen molar-refractivity contribution in [1.82, 2.24) is 15.1 Å². The molecule has 2 aliphatic rings. The monoisotopic (exact) mass is 528 g/mol. The molecule has 11 heteroatoms. The summed E-state index contributed by atoms with van der Waals surface area (Å²) >= 11 is 12.4. The van der Waals surface area contributed by atoms with Gasteiger partial charge in [0, 0.05) is 54.6 Å². The van der Waals surface area contributed by atoms with Gasteiger partial charge in [0.2, 0.25) is 0 Å². The van der Waals surface area contributed by atoms with Crippen LogP contribution in [0.4, 0.5) is 21.6 Å². The second kappa shape index (κ2) is 10.3. The molecule has 186 valence electrons. The molecule has 36 heavy (non-hydrogen) atoms. The van der Waals surface area contributed by atoms with Gasteiger partial charge in [-0.15, -0.1) is 10.2 Å². The van der Waals surface area contributed by atoms with Gasteiger partial charge in [-0.05, 0) is 55.3 Å². The molecule has 3 aromatic rings. The van der Waals surface area contributed by atoms with Crippen LogP contribution in [0, 0.1) is 5.82 Å². The third-order valence-electron chi connectivity index (χ3n) is 6.29. The Balaban J connectivity index is 1.32. The van der Waals surface area contributed by atoms with Crippen LogP contribution in [0.15, 0.2) is 42.5 Å². The van der Waals surface area contributed by atoms with E-state index in [-0.39, 0.29) is 23.2 Å². The van der Waals surface area contributed by atoms with Gasteiger partial charge in [0.05, 0.1) is 10.7 Å². The van der Waals surface area contributed by atoms with Crippen LogP contribution in [0.1, 0.15) is 39.3 Å². The number of amides is 2. The Hall–Kier alpha value is -3.43. The topological polar surface area (TPSA) is 90.5 Å². The van der Waals surface area contributed by atoms with Gasteiger partial charge in [0.15, 0.2) is 11.5 Å². The molecule has 0 aliphatic carbocycles. The molecular weight excluding hydrogens is 506 g/mol. The fourth-order valence-electron chi connectivity index (χ4n) is 4.35. The molecule has 1 aromatic heterocycles. The number of hydrogen-bond acceptors (Lipinski definition) is 6. The standard InChI is InChI=1S/C25H23Cl2FN6O2/c26-18-7-8-19(28)22(27)17(18)14-34-12-9-29-23-21(34)13-20(31-32-23)24(35)30-16-5-3-15(4-6-16)25(36)33-10-1-2-11-33/h3-8,13H,1-2,9-12,14H2,(H,29,32)(H,30,35). The van der Waals surface area contributed by atoms with E-state index in [0.29, 0.717) is 46.4 Å². The van der Waals surface area contributed by atoms with Gasteiger partial charge in [-0.2, -0.15) is 0 Å². The van der Waals surface area contributed by atoms with Crippen molar-refractivity contribution in [2.45, 2.75) is 19.4 Å². The number of fused-ring (bicyclic) bond motifs is 1. The highest BCUT2D eigenvalue weighted by Gasteiger charge is 2.24. The summed E-state index contributed by atoms with van der Waals surface area (Å²) in [5.74, 6) is -0.494. The lowest BCUT2D eigenvalue weighted by molar-refractivity contribution is 0.0792. The minimum Gasteiger partial charge on any atom is -0.365 e. The minimum atomic E-state index is -0.549. The van der Waals surface area contributed by atoms with E-state index >= 15 is 0 Å². The third kappa shape index (κ3) is 4.94. The number of nitrogens with zero attached hydrogens (tertiary/aromatic N) is 4. The number of halogens is 3. The lowest BCUT2D eigenvalue weighted by Crippen LogP contribution is -2.35. The molecule has 2 aliphatic heterocycles. The number of carbonyl (C=O) groups excluding carboxylic acids is 2. The van der Waals surface area contributed by atoms with E-state index in [9.17, 15) is 14.0 Å². The summed E-state index contributed by atoms with van der Waals surface area (Å²) in [4.78, 5) is 29.2. The molecule has 0 bridgehead atoms. The number of hydrogen-bond donors (Lipinski definition) is 2. The molecule has 5 rings (SSSR count). The Kier molecular flexibility index (Phi) is 6.93. The zero-order valence-corrected chi connectivity index (χ0v) is 20.7. The number of rotatable bonds is 5. The molecular formula is C25H23Cl2FN6O2. The third-order valence-corrected chi connectivity index (χ3v) is 7.05. The van der Waals surface area contributed by atoms with Gasteiger partial charge in [-0.3, -0.25) is 9.59 Å². The Morgan fingerprint density at radius 3 is 2.53 bits per heavy atom. The van der Waals surface area contributed by atoms with Crippen molar-refractivity contribution in [3.05, 3.63) is 75.1 Å². The lowest BCUT2D eigenvalue weighted by atomic mass is 10.1. The van der Waals surface area contributed by atoms with Crippen LogP contribution in [-0.4, -0.2) is 53.1 Å². The number of benzene rings is 2. The molecule has 2 aromatic carbocycles. The van der Waals surface area contributed by atoms with Crippen LogP contribution in [0.25, 0.3) is 0 Å². The molecule has 8 nitrogen and oxygen atoms in total.